The molecule has 0 aliphatic heterocycles. The standard InChI is InChI=1S/C22H26N2O2/c1-3-4-13-26-22(25)24(2)16-20-8-6-5-7-18(20)14-17-9-10-21-19(15-17)11-12-23-21/h5-12,15,23H,3-4,13-14,16H2,1-2H3. The average molecular weight is 350 g/mol. The Kier molecular flexibility index (Phi) is 5.95. The van der Waals surface area contributed by atoms with Crippen molar-refractivity contribution in [1.29, 1.82) is 0 Å². The summed E-state index contributed by atoms with van der Waals surface area (Å²) in [4.78, 5) is 17.0. The highest BCUT2D eigenvalue weighted by Gasteiger charge is 2.13. The van der Waals surface area contributed by atoms with Crippen LogP contribution in [0.3, 0.4) is 0 Å². The van der Waals surface area contributed by atoms with Gasteiger partial charge in [-0.15, -0.1) is 0 Å². The van der Waals surface area contributed by atoms with E-state index >= 15 is 0 Å². The van der Waals surface area contributed by atoms with E-state index in [2.05, 4.69) is 48.3 Å². The van der Waals surface area contributed by atoms with E-state index in [1.807, 2.05) is 18.3 Å². The summed E-state index contributed by atoms with van der Waals surface area (Å²) in [6, 6.07) is 16.9. The van der Waals surface area contributed by atoms with E-state index in [4.69, 9.17) is 4.74 Å². The molecule has 4 heteroatoms. The zero-order chi connectivity index (χ0) is 18.4. The largest absolute Gasteiger partial charge is 0.449 e. The van der Waals surface area contributed by atoms with Crippen LogP contribution in [0.1, 0.15) is 36.5 Å². The molecule has 1 N–H and O–H groups in total. The van der Waals surface area contributed by atoms with Crippen molar-refractivity contribution in [2.75, 3.05) is 13.7 Å². The van der Waals surface area contributed by atoms with Gasteiger partial charge in [-0.05, 0) is 53.1 Å². The topological polar surface area (TPSA) is 45.3 Å². The fourth-order valence-electron chi connectivity index (χ4n) is 3.05. The summed E-state index contributed by atoms with van der Waals surface area (Å²) in [5.41, 5.74) is 4.79. The molecular weight excluding hydrogens is 324 g/mol. The first kappa shape index (κ1) is 18.1. The summed E-state index contributed by atoms with van der Waals surface area (Å²) in [6.07, 6.45) is 4.46. The van der Waals surface area contributed by atoms with E-state index in [0.717, 1.165) is 30.3 Å². The van der Waals surface area contributed by atoms with Gasteiger partial charge in [0.05, 0.1) is 6.61 Å². The molecule has 0 atom stereocenters. The highest BCUT2D eigenvalue weighted by molar-refractivity contribution is 5.80. The molecule has 4 nitrogen and oxygen atoms in total. The lowest BCUT2D eigenvalue weighted by Crippen LogP contribution is -2.27. The lowest BCUT2D eigenvalue weighted by molar-refractivity contribution is 0.107. The average Bonchev–Trinajstić information content (AvgIpc) is 3.11. The van der Waals surface area contributed by atoms with Crippen molar-refractivity contribution in [3.8, 4) is 0 Å². The van der Waals surface area contributed by atoms with Crippen molar-refractivity contribution in [3.63, 3.8) is 0 Å². The number of rotatable bonds is 7. The fraction of sp³-hybridized carbons (Fsp3) is 0.318. The van der Waals surface area contributed by atoms with Crippen molar-refractivity contribution >= 4 is 17.0 Å². The number of ether oxygens (including phenoxy) is 1. The molecule has 26 heavy (non-hydrogen) atoms. The smallest absolute Gasteiger partial charge is 0.409 e. The Morgan fingerprint density at radius 2 is 1.92 bits per heavy atom. The second-order valence-electron chi connectivity index (χ2n) is 6.67. The number of aromatic amines is 1. The first-order valence-electron chi connectivity index (χ1n) is 9.18. The van der Waals surface area contributed by atoms with Gasteiger partial charge in [0.2, 0.25) is 0 Å². The lowest BCUT2D eigenvalue weighted by Gasteiger charge is -2.19. The maximum absolute atomic E-state index is 12.1. The van der Waals surface area contributed by atoms with Gasteiger partial charge in [0.25, 0.3) is 0 Å². The summed E-state index contributed by atoms with van der Waals surface area (Å²) in [5.74, 6) is 0. The molecule has 0 spiro atoms. The SMILES string of the molecule is CCCCOC(=O)N(C)Cc1ccccc1Cc1ccc2[nH]ccc2c1. The summed E-state index contributed by atoms with van der Waals surface area (Å²) < 4.78 is 5.30. The van der Waals surface area contributed by atoms with Crippen LogP contribution < -0.4 is 0 Å². The first-order valence-corrected chi connectivity index (χ1v) is 9.18. The van der Waals surface area contributed by atoms with Gasteiger partial charge < -0.3 is 14.6 Å². The van der Waals surface area contributed by atoms with Crippen LogP contribution in [-0.2, 0) is 17.7 Å². The van der Waals surface area contributed by atoms with Crippen LogP contribution in [0.25, 0.3) is 10.9 Å². The predicted octanol–water partition coefficient (Wildman–Crippen LogP) is 5.13. The Bertz CT molecular complexity index is 869. The molecule has 1 heterocycles. The van der Waals surface area contributed by atoms with Gasteiger partial charge >= 0.3 is 6.09 Å². The monoisotopic (exact) mass is 350 g/mol. The van der Waals surface area contributed by atoms with E-state index in [1.54, 1.807) is 11.9 Å². The van der Waals surface area contributed by atoms with Crippen molar-refractivity contribution in [2.45, 2.75) is 32.7 Å². The van der Waals surface area contributed by atoms with Crippen molar-refractivity contribution in [3.05, 3.63) is 71.4 Å². The quantitative estimate of drug-likeness (QED) is 0.601. The summed E-state index contributed by atoms with van der Waals surface area (Å²) in [5, 5.41) is 1.22. The number of H-pyrrole nitrogens is 1. The minimum atomic E-state index is -0.262. The zero-order valence-electron chi connectivity index (χ0n) is 15.5. The van der Waals surface area contributed by atoms with E-state index in [1.165, 1.54) is 16.5 Å². The molecule has 0 unspecified atom stereocenters. The van der Waals surface area contributed by atoms with Crippen LogP contribution in [0.4, 0.5) is 4.79 Å². The Hall–Kier alpha value is -2.75. The van der Waals surface area contributed by atoms with Crippen molar-refractivity contribution in [2.24, 2.45) is 0 Å². The maximum atomic E-state index is 12.1. The molecule has 3 rings (SSSR count). The normalized spacial score (nSPS) is 10.8. The molecule has 136 valence electrons. The number of unbranched alkanes of at least 4 members (excludes halogenated alkanes) is 1. The van der Waals surface area contributed by atoms with Crippen LogP contribution in [0.2, 0.25) is 0 Å². The van der Waals surface area contributed by atoms with Crippen molar-refractivity contribution < 1.29 is 9.53 Å². The van der Waals surface area contributed by atoms with Gasteiger partial charge in [0.15, 0.2) is 0 Å². The van der Waals surface area contributed by atoms with Crippen LogP contribution in [0, 0.1) is 0 Å². The molecule has 2 aromatic carbocycles. The van der Waals surface area contributed by atoms with Gasteiger partial charge in [-0.2, -0.15) is 0 Å². The first-order chi connectivity index (χ1) is 12.7. The third kappa shape index (κ3) is 4.45. The molecule has 1 amide bonds. The zero-order valence-corrected chi connectivity index (χ0v) is 15.5. The number of hydrogen-bond donors (Lipinski definition) is 1. The third-order valence-corrected chi connectivity index (χ3v) is 4.57. The predicted molar refractivity (Wildman–Crippen MR) is 105 cm³/mol. The van der Waals surface area contributed by atoms with Crippen LogP contribution in [0.5, 0.6) is 0 Å². The van der Waals surface area contributed by atoms with Gasteiger partial charge in [-0.25, -0.2) is 4.79 Å². The number of fused-ring (bicyclic) bond motifs is 1. The highest BCUT2D eigenvalue weighted by Crippen LogP contribution is 2.20. The molecule has 0 aliphatic rings. The molecular formula is C22H26N2O2. The van der Waals surface area contributed by atoms with Gasteiger partial charge in [-0.1, -0.05) is 43.7 Å². The second kappa shape index (κ2) is 8.56. The molecule has 0 fully saturated rings. The Labute approximate surface area is 154 Å². The minimum absolute atomic E-state index is 0.262. The fourth-order valence-corrected chi connectivity index (χ4v) is 3.05. The number of carbonyl (C=O) groups is 1. The van der Waals surface area contributed by atoms with Crippen molar-refractivity contribution in [1.82, 2.24) is 9.88 Å². The highest BCUT2D eigenvalue weighted by atomic mass is 16.6. The number of aromatic nitrogens is 1. The second-order valence-corrected chi connectivity index (χ2v) is 6.67. The maximum Gasteiger partial charge on any atom is 0.409 e. The molecule has 0 saturated carbocycles. The Morgan fingerprint density at radius 3 is 2.73 bits per heavy atom. The number of nitrogens with one attached hydrogen (secondary N) is 1. The van der Waals surface area contributed by atoms with E-state index < -0.39 is 0 Å². The number of nitrogens with zero attached hydrogens (tertiary/aromatic N) is 1. The number of hydrogen-bond acceptors (Lipinski definition) is 2. The molecule has 0 bridgehead atoms. The summed E-state index contributed by atoms with van der Waals surface area (Å²) in [6.45, 7) is 3.12. The molecule has 0 radical (unpaired) electrons. The van der Waals surface area contributed by atoms with Crippen LogP contribution >= 0.6 is 0 Å². The minimum Gasteiger partial charge on any atom is -0.449 e. The van der Waals surface area contributed by atoms with Crippen LogP contribution in [-0.4, -0.2) is 29.6 Å². The molecule has 3 aromatic rings. The van der Waals surface area contributed by atoms with E-state index in [0.29, 0.717) is 13.2 Å². The lowest BCUT2D eigenvalue weighted by atomic mass is 9.99. The third-order valence-electron chi connectivity index (χ3n) is 4.57. The number of amides is 1. The van der Waals surface area contributed by atoms with Crippen LogP contribution in [0.15, 0.2) is 54.7 Å². The van der Waals surface area contributed by atoms with Gasteiger partial charge in [-0.3, -0.25) is 0 Å². The molecule has 0 aliphatic carbocycles. The summed E-state index contributed by atoms with van der Waals surface area (Å²) >= 11 is 0. The summed E-state index contributed by atoms with van der Waals surface area (Å²) in [7, 11) is 1.79. The Balaban J connectivity index is 1.70. The van der Waals surface area contributed by atoms with Gasteiger partial charge in [0, 0.05) is 25.3 Å². The number of carbonyl (C=O) groups excluding carboxylic acids is 1. The Morgan fingerprint density at radius 1 is 1.12 bits per heavy atom. The van der Waals surface area contributed by atoms with E-state index in [-0.39, 0.29) is 6.09 Å². The molecule has 0 saturated heterocycles. The van der Waals surface area contributed by atoms with E-state index in [9.17, 15) is 4.79 Å². The number of benzene rings is 2. The van der Waals surface area contributed by atoms with Gasteiger partial charge in [0.1, 0.15) is 0 Å². The molecule has 1 aromatic heterocycles.